The number of nitrogens with zero attached hydrogens (tertiary/aromatic N) is 2. The lowest BCUT2D eigenvalue weighted by Gasteiger charge is -2.26. The molecule has 0 radical (unpaired) electrons. The number of hydrogen-bond donors (Lipinski definition) is 1. The summed E-state index contributed by atoms with van der Waals surface area (Å²) >= 11 is 1.33. The van der Waals surface area contributed by atoms with Crippen molar-refractivity contribution < 1.29 is 14.7 Å². The second-order valence-corrected chi connectivity index (χ2v) is 8.19. The first-order valence-corrected chi connectivity index (χ1v) is 10.6. The van der Waals surface area contributed by atoms with Crippen molar-refractivity contribution in [2.75, 3.05) is 6.54 Å². The van der Waals surface area contributed by atoms with Crippen molar-refractivity contribution in [2.45, 2.75) is 31.7 Å². The molecule has 0 spiro atoms. The Morgan fingerprint density at radius 2 is 1.55 bits per heavy atom. The average Bonchev–Trinajstić information content (AvgIpc) is 3.43. The normalized spacial score (nSPS) is 14.1. The molecule has 3 aromatic rings. The molecule has 6 heteroatoms. The maximum absolute atomic E-state index is 13.3. The number of hydrogen-bond acceptors (Lipinski definition) is 4. The van der Waals surface area contributed by atoms with Gasteiger partial charge in [0.05, 0.1) is 10.6 Å². The third kappa shape index (κ3) is 4.22. The van der Waals surface area contributed by atoms with Crippen LogP contribution >= 0.6 is 11.3 Å². The van der Waals surface area contributed by atoms with E-state index in [1.807, 2.05) is 60.7 Å². The molecule has 1 fully saturated rings. The van der Waals surface area contributed by atoms with Crippen LogP contribution in [-0.2, 0) is 4.79 Å². The summed E-state index contributed by atoms with van der Waals surface area (Å²) in [6.45, 7) is -0.287. The number of benzene rings is 2. The number of amides is 1. The van der Waals surface area contributed by atoms with E-state index in [4.69, 9.17) is 4.98 Å². The van der Waals surface area contributed by atoms with Crippen molar-refractivity contribution >= 4 is 23.2 Å². The molecule has 1 N–H and O–H groups in total. The number of carbonyl (C=O) groups excluding carboxylic acids is 1. The van der Waals surface area contributed by atoms with Crippen LogP contribution in [0.4, 0.5) is 0 Å². The van der Waals surface area contributed by atoms with Gasteiger partial charge in [0.25, 0.3) is 5.91 Å². The molecule has 1 heterocycles. The summed E-state index contributed by atoms with van der Waals surface area (Å²) in [6, 6.07) is 19.6. The van der Waals surface area contributed by atoms with E-state index in [0.29, 0.717) is 5.01 Å². The van der Waals surface area contributed by atoms with Gasteiger partial charge in [-0.1, -0.05) is 73.5 Å². The van der Waals surface area contributed by atoms with Crippen LogP contribution in [0.5, 0.6) is 0 Å². The fourth-order valence-electron chi connectivity index (χ4n) is 3.84. The monoisotopic (exact) mass is 406 g/mol. The summed E-state index contributed by atoms with van der Waals surface area (Å²) in [5, 5.41) is 9.69. The van der Waals surface area contributed by atoms with Gasteiger partial charge >= 0.3 is 5.97 Å². The minimum absolute atomic E-state index is 0.0251. The zero-order chi connectivity index (χ0) is 20.2. The Hall–Kier alpha value is -2.99. The van der Waals surface area contributed by atoms with Gasteiger partial charge in [-0.2, -0.15) is 0 Å². The van der Waals surface area contributed by atoms with Gasteiger partial charge in [-0.15, -0.1) is 11.3 Å². The van der Waals surface area contributed by atoms with E-state index in [-0.39, 0.29) is 18.5 Å². The molecule has 1 saturated carbocycles. The Bertz CT molecular complexity index is 938. The Morgan fingerprint density at radius 1 is 0.966 bits per heavy atom. The van der Waals surface area contributed by atoms with Crippen molar-refractivity contribution in [3.05, 3.63) is 65.7 Å². The zero-order valence-electron chi connectivity index (χ0n) is 16.0. The molecule has 0 aliphatic heterocycles. The summed E-state index contributed by atoms with van der Waals surface area (Å²) in [4.78, 5) is 31.8. The lowest BCUT2D eigenvalue weighted by atomic mass is 10.1. The molecule has 4 rings (SSSR count). The number of carboxylic acids is 1. The van der Waals surface area contributed by atoms with Crippen LogP contribution in [0, 0.1) is 0 Å². The van der Waals surface area contributed by atoms with E-state index in [2.05, 4.69) is 0 Å². The quantitative estimate of drug-likeness (QED) is 0.629. The van der Waals surface area contributed by atoms with Gasteiger partial charge in [0.15, 0.2) is 5.01 Å². The van der Waals surface area contributed by atoms with Gasteiger partial charge in [0.2, 0.25) is 0 Å². The highest BCUT2D eigenvalue weighted by atomic mass is 32.1. The standard InChI is InChI=1S/C23H22N2O3S/c26-19(27)15-25(18-13-7-8-14-18)23(28)22-24-20(16-9-3-1-4-10-16)21(29-22)17-11-5-2-6-12-17/h1-6,9-12,18H,7-8,13-15H2,(H,26,27). The van der Waals surface area contributed by atoms with Crippen molar-refractivity contribution in [2.24, 2.45) is 0 Å². The molecule has 5 nitrogen and oxygen atoms in total. The predicted octanol–water partition coefficient (Wildman–Crippen LogP) is 4.95. The largest absolute Gasteiger partial charge is 0.480 e. The van der Waals surface area contributed by atoms with Crippen LogP contribution in [0.2, 0.25) is 0 Å². The van der Waals surface area contributed by atoms with E-state index in [1.165, 1.54) is 16.2 Å². The molecule has 1 amide bonds. The molecule has 2 aromatic carbocycles. The third-order valence-corrected chi connectivity index (χ3v) is 6.32. The molecule has 0 saturated heterocycles. The van der Waals surface area contributed by atoms with Gasteiger partial charge in [-0.25, -0.2) is 4.98 Å². The number of thiazole rings is 1. The first-order chi connectivity index (χ1) is 14.1. The Labute approximate surface area is 173 Å². The van der Waals surface area contributed by atoms with Gasteiger partial charge < -0.3 is 10.0 Å². The smallest absolute Gasteiger partial charge is 0.323 e. The Morgan fingerprint density at radius 3 is 2.14 bits per heavy atom. The molecule has 1 aliphatic carbocycles. The SMILES string of the molecule is O=C(O)CN(C(=O)c1nc(-c2ccccc2)c(-c2ccccc2)s1)C1CCCC1. The van der Waals surface area contributed by atoms with Crippen molar-refractivity contribution in [1.82, 2.24) is 9.88 Å². The van der Waals surface area contributed by atoms with Gasteiger partial charge in [-0.3, -0.25) is 9.59 Å². The lowest BCUT2D eigenvalue weighted by Crippen LogP contribution is -2.42. The molecule has 148 valence electrons. The molecule has 29 heavy (non-hydrogen) atoms. The van der Waals surface area contributed by atoms with E-state index in [0.717, 1.165) is 47.4 Å². The number of aromatic nitrogens is 1. The molecule has 0 atom stereocenters. The molecule has 1 aromatic heterocycles. The Balaban J connectivity index is 1.76. The third-order valence-electron chi connectivity index (χ3n) is 5.23. The topological polar surface area (TPSA) is 70.5 Å². The number of carboxylic acid groups (broad SMARTS) is 1. The summed E-state index contributed by atoms with van der Waals surface area (Å²) < 4.78 is 0. The predicted molar refractivity (Wildman–Crippen MR) is 114 cm³/mol. The fourth-order valence-corrected chi connectivity index (χ4v) is 4.89. The second kappa shape index (κ2) is 8.57. The van der Waals surface area contributed by atoms with Gasteiger partial charge in [0.1, 0.15) is 6.54 Å². The summed E-state index contributed by atoms with van der Waals surface area (Å²) in [7, 11) is 0. The van der Waals surface area contributed by atoms with E-state index in [1.54, 1.807) is 0 Å². The lowest BCUT2D eigenvalue weighted by molar-refractivity contribution is -0.138. The molecule has 0 unspecified atom stereocenters. The van der Waals surface area contributed by atoms with Crippen LogP contribution < -0.4 is 0 Å². The first kappa shape index (κ1) is 19.3. The minimum atomic E-state index is -0.992. The summed E-state index contributed by atoms with van der Waals surface area (Å²) in [5.41, 5.74) is 2.69. The number of rotatable bonds is 6. The maximum Gasteiger partial charge on any atom is 0.323 e. The van der Waals surface area contributed by atoms with Crippen molar-refractivity contribution in [1.29, 1.82) is 0 Å². The van der Waals surface area contributed by atoms with Crippen LogP contribution in [0.15, 0.2) is 60.7 Å². The second-order valence-electron chi connectivity index (χ2n) is 7.19. The van der Waals surface area contributed by atoms with Crippen LogP contribution in [0.1, 0.15) is 35.5 Å². The van der Waals surface area contributed by atoms with E-state index >= 15 is 0 Å². The molecule has 0 bridgehead atoms. The highest BCUT2D eigenvalue weighted by Crippen LogP contribution is 2.37. The van der Waals surface area contributed by atoms with Crippen molar-refractivity contribution in [3.8, 4) is 21.7 Å². The van der Waals surface area contributed by atoms with Crippen LogP contribution in [-0.4, -0.2) is 39.5 Å². The maximum atomic E-state index is 13.3. The van der Waals surface area contributed by atoms with E-state index < -0.39 is 5.97 Å². The highest BCUT2D eigenvalue weighted by molar-refractivity contribution is 7.17. The van der Waals surface area contributed by atoms with Crippen molar-refractivity contribution in [3.63, 3.8) is 0 Å². The zero-order valence-corrected chi connectivity index (χ0v) is 16.8. The molecular weight excluding hydrogens is 384 g/mol. The number of aliphatic carboxylic acids is 1. The molecular formula is C23H22N2O3S. The summed E-state index contributed by atoms with van der Waals surface area (Å²) in [5.74, 6) is -1.28. The van der Waals surface area contributed by atoms with E-state index in [9.17, 15) is 14.7 Å². The highest BCUT2D eigenvalue weighted by Gasteiger charge is 2.31. The first-order valence-electron chi connectivity index (χ1n) is 9.78. The fraction of sp³-hybridized carbons (Fsp3) is 0.261. The van der Waals surface area contributed by atoms with Gasteiger partial charge in [-0.05, 0) is 18.4 Å². The van der Waals surface area contributed by atoms with Crippen LogP contribution in [0.25, 0.3) is 21.7 Å². The minimum Gasteiger partial charge on any atom is -0.480 e. The molecule has 1 aliphatic rings. The average molecular weight is 407 g/mol. The summed E-state index contributed by atoms with van der Waals surface area (Å²) in [6.07, 6.45) is 3.75. The number of carbonyl (C=O) groups is 2. The Kier molecular flexibility index (Phi) is 5.71. The van der Waals surface area contributed by atoms with Gasteiger partial charge in [0, 0.05) is 11.6 Å². The van der Waals surface area contributed by atoms with Crippen LogP contribution in [0.3, 0.4) is 0 Å².